The van der Waals surface area contributed by atoms with Crippen molar-refractivity contribution >= 4 is 18.1 Å². The monoisotopic (exact) mass is 296 g/mol. The van der Waals surface area contributed by atoms with Gasteiger partial charge in [0, 0.05) is 23.7 Å². The summed E-state index contributed by atoms with van der Waals surface area (Å²) in [6.45, 7) is 7.57. The Morgan fingerprint density at radius 3 is 2.68 bits per heavy atom. The fraction of sp³-hybridized carbons (Fsp3) is 0.235. The second-order valence-corrected chi connectivity index (χ2v) is 5.48. The molecule has 1 N–H and O–H groups in total. The average molecular weight is 296 g/mol. The maximum atomic E-state index is 12.8. The number of carbonyl (C=O) groups is 1. The lowest BCUT2D eigenvalue weighted by Gasteiger charge is -2.14. The Morgan fingerprint density at radius 2 is 2.05 bits per heavy atom. The Balaban J connectivity index is 2.81. The van der Waals surface area contributed by atoms with Crippen LogP contribution in [-0.4, -0.2) is 15.6 Å². The number of hydrogen-bond acceptors (Lipinski definition) is 3. The van der Waals surface area contributed by atoms with E-state index < -0.39 is 5.91 Å². The van der Waals surface area contributed by atoms with Crippen molar-refractivity contribution in [1.29, 1.82) is 0 Å². The van der Waals surface area contributed by atoms with Crippen LogP contribution in [0.3, 0.4) is 0 Å². The van der Waals surface area contributed by atoms with Crippen LogP contribution in [0.25, 0.3) is 12.2 Å². The molecule has 0 spiro atoms. The quantitative estimate of drug-likeness (QED) is 0.825. The maximum absolute atomic E-state index is 12.8. The van der Waals surface area contributed by atoms with E-state index >= 15 is 0 Å². The van der Waals surface area contributed by atoms with Crippen LogP contribution in [-0.2, 0) is 18.3 Å². The van der Waals surface area contributed by atoms with Crippen LogP contribution in [0.1, 0.15) is 25.0 Å². The highest BCUT2D eigenvalue weighted by Gasteiger charge is 2.20. The molecule has 1 amide bonds. The van der Waals surface area contributed by atoms with Crippen LogP contribution in [0.5, 0.6) is 5.75 Å². The molecule has 0 unspecified atom stereocenters. The van der Waals surface area contributed by atoms with Crippen molar-refractivity contribution < 1.29 is 9.90 Å². The van der Waals surface area contributed by atoms with Crippen LogP contribution >= 0.6 is 0 Å². The van der Waals surface area contributed by atoms with Crippen LogP contribution < -0.4 is 16.1 Å². The van der Waals surface area contributed by atoms with Crippen molar-refractivity contribution in [1.82, 2.24) is 4.57 Å². The Kier molecular flexibility index (Phi) is 3.02. The molecule has 5 heteroatoms. The molecule has 3 aliphatic rings. The van der Waals surface area contributed by atoms with Gasteiger partial charge in [-0.05, 0) is 30.5 Å². The van der Waals surface area contributed by atoms with Gasteiger partial charge in [0.1, 0.15) is 16.5 Å². The molecular weight excluding hydrogens is 280 g/mol. The lowest BCUT2D eigenvalue weighted by Crippen LogP contribution is -2.36. The Hall–Kier alpha value is -2.69. The van der Waals surface area contributed by atoms with Gasteiger partial charge < -0.3 is 9.67 Å². The summed E-state index contributed by atoms with van der Waals surface area (Å²) in [5.41, 5.74) is 1.39. The van der Waals surface area contributed by atoms with Crippen LogP contribution in [0.4, 0.5) is 0 Å². The lowest BCUT2D eigenvalue weighted by molar-refractivity contribution is -0.113. The van der Waals surface area contributed by atoms with Crippen molar-refractivity contribution in [2.75, 3.05) is 0 Å². The minimum atomic E-state index is -0.481. The summed E-state index contributed by atoms with van der Waals surface area (Å²) in [6.07, 6.45) is 1.99. The number of rotatable bonds is 1. The van der Waals surface area contributed by atoms with Crippen LogP contribution in [0.15, 0.2) is 21.9 Å². The van der Waals surface area contributed by atoms with Crippen molar-refractivity contribution in [2.45, 2.75) is 20.3 Å². The number of aromatic nitrogens is 1. The molecule has 0 fully saturated rings. The molecular formula is C17H16N2O3. The number of amides is 1. The second kappa shape index (κ2) is 4.66. The first-order chi connectivity index (χ1) is 10.4. The van der Waals surface area contributed by atoms with Gasteiger partial charge >= 0.3 is 0 Å². The van der Waals surface area contributed by atoms with E-state index in [2.05, 4.69) is 11.6 Å². The van der Waals surface area contributed by atoms with Gasteiger partial charge in [-0.2, -0.15) is 0 Å². The summed E-state index contributed by atoms with van der Waals surface area (Å²) in [5.74, 6) is -0.480. The Morgan fingerprint density at radius 1 is 1.36 bits per heavy atom. The van der Waals surface area contributed by atoms with Crippen molar-refractivity contribution in [3.05, 3.63) is 54.8 Å². The van der Waals surface area contributed by atoms with Crippen molar-refractivity contribution in [2.24, 2.45) is 12.0 Å². The fourth-order valence-corrected chi connectivity index (χ4v) is 2.99. The topological polar surface area (TPSA) is 71.7 Å². The molecule has 2 aliphatic heterocycles. The van der Waals surface area contributed by atoms with E-state index in [-0.39, 0.29) is 16.5 Å². The molecule has 1 aliphatic carbocycles. The van der Waals surface area contributed by atoms with Crippen molar-refractivity contribution in [3.63, 3.8) is 0 Å². The average Bonchev–Trinajstić information content (AvgIpc) is 2.46. The molecule has 5 nitrogen and oxygen atoms in total. The Bertz CT molecular complexity index is 1090. The van der Waals surface area contributed by atoms with Gasteiger partial charge in [-0.25, -0.2) is 4.99 Å². The molecule has 0 aromatic rings. The van der Waals surface area contributed by atoms with E-state index in [0.29, 0.717) is 33.5 Å². The van der Waals surface area contributed by atoms with Gasteiger partial charge in [-0.15, -0.1) is 0 Å². The molecule has 0 aromatic heterocycles. The molecule has 2 heterocycles. The molecule has 0 saturated carbocycles. The smallest absolute Gasteiger partial charge is 0.270 e. The SMILES string of the molecule is C=c1cc(CC)c2c(O)c3c(c(=O)c=2n1C)=NC(=O)C=C3C. The van der Waals surface area contributed by atoms with E-state index in [1.165, 1.54) is 6.08 Å². The fourth-order valence-electron chi connectivity index (χ4n) is 2.99. The van der Waals surface area contributed by atoms with Crippen LogP contribution in [0, 0.1) is 10.6 Å². The largest absolute Gasteiger partial charge is 0.507 e. The first-order valence-corrected chi connectivity index (χ1v) is 7.04. The normalized spacial score (nSPS) is 13.8. The zero-order valence-electron chi connectivity index (χ0n) is 12.7. The first-order valence-electron chi connectivity index (χ1n) is 7.04. The highest BCUT2D eigenvalue weighted by atomic mass is 16.3. The molecule has 0 atom stereocenters. The number of nitrogens with zero attached hydrogens (tertiary/aromatic N) is 2. The molecule has 3 rings (SSSR count). The summed E-state index contributed by atoms with van der Waals surface area (Å²) in [4.78, 5) is 28.3. The number of carbonyl (C=O) groups excluding carboxylic acids is 1. The van der Waals surface area contributed by atoms with Crippen molar-refractivity contribution in [3.8, 4) is 5.75 Å². The summed E-state index contributed by atoms with van der Waals surface area (Å²) in [6, 6.07) is 1.86. The zero-order chi connectivity index (χ0) is 16.2. The summed E-state index contributed by atoms with van der Waals surface area (Å²) >= 11 is 0. The van der Waals surface area contributed by atoms with Gasteiger partial charge in [0.15, 0.2) is 0 Å². The number of fused-ring (bicyclic) bond motifs is 1. The summed E-state index contributed by atoms with van der Waals surface area (Å²) < 4.78 is 1.63. The van der Waals surface area contributed by atoms with E-state index in [4.69, 9.17) is 0 Å². The predicted molar refractivity (Wildman–Crippen MR) is 83.0 cm³/mol. The maximum Gasteiger partial charge on any atom is 0.270 e. The Labute approximate surface area is 126 Å². The van der Waals surface area contributed by atoms with Crippen LogP contribution in [0.2, 0.25) is 0 Å². The second-order valence-electron chi connectivity index (χ2n) is 5.48. The number of aryl methyl sites for hydroxylation is 1. The van der Waals surface area contributed by atoms with Gasteiger partial charge in [0.05, 0.1) is 5.56 Å². The summed E-state index contributed by atoms with van der Waals surface area (Å²) in [5, 5.41) is 12.2. The van der Waals surface area contributed by atoms with E-state index in [0.717, 1.165) is 5.56 Å². The molecule has 112 valence electrons. The van der Waals surface area contributed by atoms with Gasteiger partial charge in [-0.3, -0.25) is 9.59 Å². The van der Waals surface area contributed by atoms with Gasteiger partial charge in [0.2, 0.25) is 5.43 Å². The van der Waals surface area contributed by atoms with Gasteiger partial charge in [0.25, 0.3) is 5.91 Å². The highest BCUT2D eigenvalue weighted by molar-refractivity contribution is 5.98. The lowest BCUT2D eigenvalue weighted by atomic mass is 9.98. The third-order valence-corrected chi connectivity index (χ3v) is 4.14. The molecule has 22 heavy (non-hydrogen) atoms. The molecule has 0 radical (unpaired) electrons. The zero-order valence-corrected chi connectivity index (χ0v) is 12.7. The third-order valence-electron chi connectivity index (χ3n) is 4.14. The first kappa shape index (κ1) is 14.3. The van der Waals surface area contributed by atoms with Gasteiger partial charge in [-0.1, -0.05) is 13.5 Å². The minimum absolute atomic E-state index is 0.00190. The highest BCUT2D eigenvalue weighted by Crippen LogP contribution is 2.25. The summed E-state index contributed by atoms with van der Waals surface area (Å²) in [7, 11) is 1.71. The standard InChI is InChI=1S/C17H16N2O3/c1-5-10-7-9(3)19(4)15-13(10)16(21)12-8(2)6-11(20)18-14(12)17(15)22/h6-7,21H,3,5H2,1-2,4H3. The minimum Gasteiger partial charge on any atom is -0.507 e. The number of aromatic hydroxyl groups is 1. The van der Waals surface area contributed by atoms with E-state index in [1.807, 2.05) is 13.0 Å². The molecule has 0 aromatic carbocycles. The third kappa shape index (κ3) is 1.75. The predicted octanol–water partition coefficient (Wildman–Crippen LogP) is 0.351. The number of hydrogen-bond donors (Lipinski definition) is 1. The van der Waals surface area contributed by atoms with E-state index in [1.54, 1.807) is 18.5 Å². The molecule has 0 bridgehead atoms. The number of allylic oxidation sites excluding steroid dienone is 1. The molecule has 0 saturated heterocycles. The van der Waals surface area contributed by atoms with E-state index in [9.17, 15) is 14.7 Å².